The van der Waals surface area contributed by atoms with Gasteiger partial charge in [-0.15, -0.1) is 0 Å². The number of rotatable bonds is 4. The van der Waals surface area contributed by atoms with E-state index in [1.54, 1.807) is 13.1 Å². The van der Waals surface area contributed by atoms with Crippen LogP contribution >= 0.6 is 0 Å². The SMILES string of the molecule is CN(C#N)c1cc(NCC2CCCC2)ncn1. The van der Waals surface area contributed by atoms with E-state index in [9.17, 15) is 0 Å². The first-order valence-corrected chi connectivity index (χ1v) is 5.99. The van der Waals surface area contributed by atoms with Crippen LogP contribution in [0.15, 0.2) is 12.4 Å². The fraction of sp³-hybridized carbons (Fsp3) is 0.583. The standard InChI is InChI=1S/C12H17N5/c1-17(8-13)12-6-11(15-9-16-12)14-7-10-4-2-3-5-10/h6,9-10H,2-5,7H2,1H3,(H,14,15,16). The van der Waals surface area contributed by atoms with Crippen LogP contribution in [0.4, 0.5) is 11.6 Å². The van der Waals surface area contributed by atoms with Gasteiger partial charge in [0.2, 0.25) is 0 Å². The lowest BCUT2D eigenvalue weighted by Crippen LogP contribution is -2.14. The van der Waals surface area contributed by atoms with Crippen LogP contribution < -0.4 is 10.2 Å². The average Bonchev–Trinajstić information content (AvgIpc) is 2.89. The normalized spacial score (nSPS) is 15.5. The minimum absolute atomic E-state index is 0.622. The van der Waals surface area contributed by atoms with Crippen LogP contribution in [-0.2, 0) is 0 Å². The number of nitrogens with zero attached hydrogens (tertiary/aromatic N) is 4. The monoisotopic (exact) mass is 231 g/mol. The summed E-state index contributed by atoms with van der Waals surface area (Å²) in [5.74, 6) is 2.18. The van der Waals surface area contributed by atoms with Gasteiger partial charge in [-0.3, -0.25) is 4.90 Å². The Balaban J connectivity index is 1.94. The van der Waals surface area contributed by atoms with Gasteiger partial charge in [-0.25, -0.2) is 9.97 Å². The van der Waals surface area contributed by atoms with Crippen LogP contribution in [0, 0.1) is 17.4 Å². The van der Waals surface area contributed by atoms with Crippen molar-refractivity contribution in [2.45, 2.75) is 25.7 Å². The summed E-state index contributed by atoms with van der Waals surface area (Å²) in [5.41, 5.74) is 0. The lowest BCUT2D eigenvalue weighted by Gasteiger charge is -2.12. The maximum absolute atomic E-state index is 8.78. The second-order valence-electron chi connectivity index (χ2n) is 4.45. The van der Waals surface area contributed by atoms with Gasteiger partial charge in [0.15, 0.2) is 6.19 Å². The van der Waals surface area contributed by atoms with Crippen molar-refractivity contribution in [1.29, 1.82) is 5.26 Å². The predicted molar refractivity (Wildman–Crippen MR) is 66.5 cm³/mol. The zero-order valence-electron chi connectivity index (χ0n) is 10.1. The lowest BCUT2D eigenvalue weighted by atomic mass is 10.1. The second kappa shape index (κ2) is 5.48. The zero-order valence-corrected chi connectivity index (χ0v) is 10.1. The third-order valence-corrected chi connectivity index (χ3v) is 3.19. The van der Waals surface area contributed by atoms with Crippen molar-refractivity contribution in [2.24, 2.45) is 5.92 Å². The number of anilines is 2. The van der Waals surface area contributed by atoms with Crippen molar-refractivity contribution < 1.29 is 0 Å². The topological polar surface area (TPSA) is 64.8 Å². The van der Waals surface area contributed by atoms with Gasteiger partial charge < -0.3 is 5.32 Å². The fourth-order valence-corrected chi connectivity index (χ4v) is 2.14. The summed E-state index contributed by atoms with van der Waals surface area (Å²) in [5, 5.41) is 12.1. The number of aromatic nitrogens is 2. The molecule has 0 radical (unpaired) electrons. The van der Waals surface area contributed by atoms with Gasteiger partial charge in [0.25, 0.3) is 0 Å². The maximum atomic E-state index is 8.78. The predicted octanol–water partition coefficient (Wildman–Crippen LogP) is 2.00. The highest BCUT2D eigenvalue weighted by molar-refractivity contribution is 5.50. The van der Waals surface area contributed by atoms with Crippen molar-refractivity contribution in [3.8, 4) is 6.19 Å². The van der Waals surface area contributed by atoms with Crippen molar-refractivity contribution >= 4 is 11.6 Å². The van der Waals surface area contributed by atoms with E-state index < -0.39 is 0 Å². The van der Waals surface area contributed by atoms with Crippen molar-refractivity contribution in [3.05, 3.63) is 12.4 Å². The summed E-state index contributed by atoms with van der Waals surface area (Å²) < 4.78 is 0. The van der Waals surface area contributed by atoms with Gasteiger partial charge >= 0.3 is 0 Å². The number of nitriles is 1. The van der Waals surface area contributed by atoms with E-state index in [-0.39, 0.29) is 0 Å². The molecular weight excluding hydrogens is 214 g/mol. The molecular formula is C12H17N5. The Hall–Kier alpha value is -1.83. The second-order valence-corrected chi connectivity index (χ2v) is 4.45. The first-order chi connectivity index (χ1) is 8.29. The summed E-state index contributed by atoms with van der Waals surface area (Å²) in [6.45, 7) is 0.965. The molecule has 1 aliphatic carbocycles. The van der Waals surface area contributed by atoms with Gasteiger partial charge in [-0.2, -0.15) is 5.26 Å². The van der Waals surface area contributed by atoms with E-state index in [1.165, 1.54) is 36.9 Å². The molecule has 17 heavy (non-hydrogen) atoms. The van der Waals surface area contributed by atoms with Crippen molar-refractivity contribution in [2.75, 3.05) is 23.8 Å². The minimum atomic E-state index is 0.622. The van der Waals surface area contributed by atoms with E-state index in [0.717, 1.165) is 18.3 Å². The fourth-order valence-electron chi connectivity index (χ4n) is 2.14. The van der Waals surface area contributed by atoms with E-state index in [0.29, 0.717) is 5.82 Å². The first-order valence-electron chi connectivity index (χ1n) is 5.99. The molecule has 1 aromatic heterocycles. The smallest absolute Gasteiger partial charge is 0.185 e. The minimum Gasteiger partial charge on any atom is -0.370 e. The molecule has 1 saturated carbocycles. The maximum Gasteiger partial charge on any atom is 0.185 e. The summed E-state index contributed by atoms with van der Waals surface area (Å²) in [6.07, 6.45) is 8.82. The Kier molecular flexibility index (Phi) is 3.76. The van der Waals surface area contributed by atoms with Crippen molar-refractivity contribution in [1.82, 2.24) is 9.97 Å². The summed E-state index contributed by atoms with van der Waals surface area (Å²) in [4.78, 5) is 9.62. The molecule has 0 unspecified atom stereocenters. The van der Waals surface area contributed by atoms with Gasteiger partial charge in [0.1, 0.15) is 18.0 Å². The molecule has 1 aliphatic rings. The van der Waals surface area contributed by atoms with Gasteiger partial charge in [-0.1, -0.05) is 12.8 Å². The van der Waals surface area contributed by atoms with Gasteiger partial charge in [0.05, 0.1) is 0 Å². The molecule has 1 aromatic rings. The number of hydrogen-bond acceptors (Lipinski definition) is 5. The molecule has 5 nitrogen and oxygen atoms in total. The van der Waals surface area contributed by atoms with Gasteiger partial charge in [0, 0.05) is 19.7 Å². The molecule has 0 spiro atoms. The summed E-state index contributed by atoms with van der Waals surface area (Å²) >= 11 is 0. The molecule has 1 fully saturated rings. The largest absolute Gasteiger partial charge is 0.370 e. The van der Waals surface area contributed by atoms with Crippen LogP contribution in [0.25, 0.3) is 0 Å². The average molecular weight is 231 g/mol. The first kappa shape index (κ1) is 11.6. The Morgan fingerprint density at radius 3 is 2.94 bits per heavy atom. The van der Waals surface area contributed by atoms with Crippen LogP contribution in [-0.4, -0.2) is 23.6 Å². The van der Waals surface area contributed by atoms with E-state index >= 15 is 0 Å². The van der Waals surface area contributed by atoms with E-state index in [2.05, 4.69) is 15.3 Å². The molecule has 0 aromatic carbocycles. The molecule has 1 heterocycles. The highest BCUT2D eigenvalue weighted by atomic mass is 15.2. The van der Waals surface area contributed by atoms with E-state index in [4.69, 9.17) is 5.26 Å². The van der Waals surface area contributed by atoms with Crippen molar-refractivity contribution in [3.63, 3.8) is 0 Å². The highest BCUT2D eigenvalue weighted by Crippen LogP contribution is 2.24. The molecule has 0 bridgehead atoms. The molecule has 5 heteroatoms. The molecule has 0 amide bonds. The Bertz CT molecular complexity index is 406. The number of hydrogen-bond donors (Lipinski definition) is 1. The van der Waals surface area contributed by atoms with Gasteiger partial charge in [-0.05, 0) is 18.8 Å². The zero-order chi connectivity index (χ0) is 12.1. The molecule has 0 atom stereocenters. The Morgan fingerprint density at radius 2 is 2.24 bits per heavy atom. The lowest BCUT2D eigenvalue weighted by molar-refractivity contribution is 0.579. The molecule has 0 saturated heterocycles. The molecule has 1 N–H and O–H groups in total. The quantitative estimate of drug-likeness (QED) is 0.634. The molecule has 0 aliphatic heterocycles. The Morgan fingerprint density at radius 1 is 1.47 bits per heavy atom. The van der Waals surface area contributed by atoms with Crippen LogP contribution in [0.2, 0.25) is 0 Å². The third kappa shape index (κ3) is 3.06. The summed E-state index contributed by atoms with van der Waals surface area (Å²) in [7, 11) is 1.68. The third-order valence-electron chi connectivity index (χ3n) is 3.19. The Labute approximate surface area is 101 Å². The van der Waals surface area contributed by atoms with E-state index in [1.807, 2.05) is 6.19 Å². The van der Waals surface area contributed by atoms with Crippen LogP contribution in [0.5, 0.6) is 0 Å². The van der Waals surface area contributed by atoms with Crippen LogP contribution in [0.3, 0.4) is 0 Å². The summed E-state index contributed by atoms with van der Waals surface area (Å²) in [6, 6.07) is 1.80. The molecule has 2 rings (SSSR count). The molecule has 90 valence electrons. The van der Waals surface area contributed by atoms with Crippen LogP contribution in [0.1, 0.15) is 25.7 Å². The highest BCUT2D eigenvalue weighted by Gasteiger charge is 2.14. The number of nitrogens with one attached hydrogen (secondary N) is 1.